The molecular formula is C19H30N2O2. The van der Waals surface area contributed by atoms with Crippen LogP contribution in [0.15, 0.2) is 24.3 Å². The molecule has 128 valence electrons. The first-order valence-corrected chi connectivity index (χ1v) is 9.20. The Labute approximate surface area is 139 Å². The molecular weight excluding hydrogens is 288 g/mol. The van der Waals surface area contributed by atoms with Crippen LogP contribution in [0.25, 0.3) is 0 Å². The molecule has 1 heterocycles. The molecule has 0 radical (unpaired) electrons. The second-order valence-corrected chi connectivity index (χ2v) is 6.81. The fraction of sp³-hybridized carbons (Fsp3) is 0.684. The van der Waals surface area contributed by atoms with Gasteiger partial charge in [-0.2, -0.15) is 0 Å². The highest BCUT2D eigenvalue weighted by atomic mass is 16.6. The van der Waals surface area contributed by atoms with Crippen LogP contribution in [0.5, 0.6) is 0 Å². The van der Waals surface area contributed by atoms with Gasteiger partial charge in [-0.05, 0) is 43.8 Å². The number of non-ortho nitro benzene ring substituents is 1. The molecule has 0 aliphatic carbocycles. The van der Waals surface area contributed by atoms with Crippen LogP contribution in [-0.4, -0.2) is 18.0 Å². The first kappa shape index (κ1) is 17.9. The summed E-state index contributed by atoms with van der Waals surface area (Å²) in [6, 6.07) is 7.09. The van der Waals surface area contributed by atoms with Crippen LogP contribution in [0.4, 0.5) is 5.69 Å². The molecule has 0 spiro atoms. The van der Waals surface area contributed by atoms with Gasteiger partial charge in [0.2, 0.25) is 0 Å². The van der Waals surface area contributed by atoms with E-state index in [-0.39, 0.29) is 10.6 Å². The molecule has 0 amide bonds. The van der Waals surface area contributed by atoms with Crippen molar-refractivity contribution < 1.29 is 4.92 Å². The zero-order valence-corrected chi connectivity index (χ0v) is 14.1. The molecule has 1 saturated heterocycles. The molecule has 1 aromatic carbocycles. The second-order valence-electron chi connectivity index (χ2n) is 6.81. The van der Waals surface area contributed by atoms with Gasteiger partial charge in [-0.15, -0.1) is 0 Å². The first-order chi connectivity index (χ1) is 11.3. The molecule has 1 fully saturated rings. The van der Waals surface area contributed by atoms with Gasteiger partial charge in [-0.25, -0.2) is 0 Å². The van der Waals surface area contributed by atoms with Crippen molar-refractivity contribution in [3.8, 4) is 0 Å². The third kappa shape index (κ3) is 7.12. The van der Waals surface area contributed by atoms with Gasteiger partial charge in [0, 0.05) is 12.1 Å². The third-order valence-corrected chi connectivity index (χ3v) is 4.82. The molecule has 0 saturated carbocycles. The van der Waals surface area contributed by atoms with E-state index in [4.69, 9.17) is 0 Å². The largest absolute Gasteiger partial charge is 0.316 e. The van der Waals surface area contributed by atoms with Crippen molar-refractivity contribution >= 4 is 5.69 Å². The molecule has 1 aliphatic heterocycles. The van der Waals surface area contributed by atoms with Crippen LogP contribution in [0.2, 0.25) is 0 Å². The van der Waals surface area contributed by atoms with E-state index in [1.807, 2.05) is 12.1 Å². The Bertz CT molecular complexity index is 445. The van der Waals surface area contributed by atoms with Crippen molar-refractivity contribution in [2.45, 2.75) is 64.2 Å². The fourth-order valence-electron chi connectivity index (χ4n) is 3.41. The first-order valence-electron chi connectivity index (χ1n) is 9.20. The van der Waals surface area contributed by atoms with Gasteiger partial charge < -0.3 is 5.32 Å². The SMILES string of the molecule is O=[N+]([O-])c1ccc(CC2CCCCCCCCCCNC2)cc1. The van der Waals surface area contributed by atoms with Crippen molar-refractivity contribution in [1.29, 1.82) is 0 Å². The predicted octanol–water partition coefficient (Wildman–Crippen LogP) is 4.87. The summed E-state index contributed by atoms with van der Waals surface area (Å²) in [6.07, 6.45) is 13.1. The molecule has 1 N–H and O–H groups in total. The summed E-state index contributed by atoms with van der Waals surface area (Å²) in [4.78, 5) is 10.4. The van der Waals surface area contributed by atoms with Crippen LogP contribution in [0.1, 0.15) is 63.4 Å². The van der Waals surface area contributed by atoms with Gasteiger partial charge in [0.05, 0.1) is 4.92 Å². The third-order valence-electron chi connectivity index (χ3n) is 4.82. The summed E-state index contributed by atoms with van der Waals surface area (Å²) in [6.45, 7) is 2.19. The standard InChI is InChI=1S/C19H30N2O2/c22-21(23)19-12-10-17(11-13-19)15-18-9-7-5-3-1-2-4-6-8-14-20-16-18/h10-13,18,20H,1-9,14-16H2. The maximum atomic E-state index is 10.7. The Kier molecular flexibility index (Phi) is 8.08. The lowest BCUT2D eigenvalue weighted by molar-refractivity contribution is -0.384. The Morgan fingerprint density at radius 2 is 1.57 bits per heavy atom. The van der Waals surface area contributed by atoms with Crippen LogP contribution in [-0.2, 0) is 6.42 Å². The minimum atomic E-state index is -0.329. The van der Waals surface area contributed by atoms with Crippen LogP contribution >= 0.6 is 0 Å². The lowest BCUT2D eigenvalue weighted by atomic mass is 9.93. The summed E-state index contributed by atoms with van der Waals surface area (Å²) in [7, 11) is 0. The van der Waals surface area contributed by atoms with Crippen LogP contribution in [0.3, 0.4) is 0 Å². The summed E-state index contributed by atoms with van der Waals surface area (Å²) < 4.78 is 0. The van der Waals surface area contributed by atoms with Crippen molar-refractivity contribution in [2.24, 2.45) is 5.92 Å². The maximum Gasteiger partial charge on any atom is 0.269 e. The summed E-state index contributed by atoms with van der Waals surface area (Å²) in [5, 5.41) is 14.4. The Balaban J connectivity index is 1.86. The predicted molar refractivity (Wildman–Crippen MR) is 94.7 cm³/mol. The topological polar surface area (TPSA) is 55.2 Å². The lowest BCUT2D eigenvalue weighted by Crippen LogP contribution is -2.25. The van der Waals surface area contributed by atoms with Gasteiger partial charge in [-0.1, -0.05) is 57.1 Å². The van der Waals surface area contributed by atoms with Crippen molar-refractivity contribution in [1.82, 2.24) is 5.32 Å². The highest BCUT2D eigenvalue weighted by molar-refractivity contribution is 5.33. The van der Waals surface area contributed by atoms with E-state index >= 15 is 0 Å². The zero-order chi connectivity index (χ0) is 16.3. The maximum absolute atomic E-state index is 10.7. The van der Waals surface area contributed by atoms with E-state index in [1.165, 1.54) is 63.4 Å². The summed E-state index contributed by atoms with van der Waals surface area (Å²) in [5.41, 5.74) is 1.40. The molecule has 2 rings (SSSR count). The van der Waals surface area contributed by atoms with E-state index in [0.29, 0.717) is 5.92 Å². The van der Waals surface area contributed by atoms with Crippen LogP contribution < -0.4 is 5.32 Å². The average Bonchev–Trinajstić information content (AvgIpc) is 2.57. The van der Waals surface area contributed by atoms with E-state index in [9.17, 15) is 10.1 Å². The molecule has 1 aromatic rings. The number of hydrogen-bond acceptors (Lipinski definition) is 3. The molecule has 23 heavy (non-hydrogen) atoms. The molecule has 0 bridgehead atoms. The highest BCUT2D eigenvalue weighted by Crippen LogP contribution is 2.19. The number of hydrogen-bond donors (Lipinski definition) is 1. The minimum absolute atomic E-state index is 0.182. The minimum Gasteiger partial charge on any atom is -0.316 e. The molecule has 4 nitrogen and oxygen atoms in total. The highest BCUT2D eigenvalue weighted by Gasteiger charge is 2.11. The second kappa shape index (κ2) is 10.4. The lowest BCUT2D eigenvalue weighted by Gasteiger charge is -2.18. The Morgan fingerprint density at radius 3 is 2.22 bits per heavy atom. The molecule has 4 heteroatoms. The van der Waals surface area contributed by atoms with Gasteiger partial charge in [0.25, 0.3) is 5.69 Å². The molecule has 1 atom stereocenters. The number of rotatable bonds is 3. The fourth-order valence-corrected chi connectivity index (χ4v) is 3.41. The molecule has 0 aromatic heterocycles. The normalized spacial score (nSPS) is 21.7. The molecule has 1 aliphatic rings. The van der Waals surface area contributed by atoms with Gasteiger partial charge in [0.1, 0.15) is 0 Å². The zero-order valence-electron chi connectivity index (χ0n) is 14.1. The van der Waals surface area contributed by atoms with Crippen LogP contribution in [0, 0.1) is 16.0 Å². The number of nitro groups is 1. The van der Waals surface area contributed by atoms with Gasteiger partial charge in [0.15, 0.2) is 0 Å². The molecule has 1 unspecified atom stereocenters. The Hall–Kier alpha value is -1.42. The smallest absolute Gasteiger partial charge is 0.269 e. The number of nitrogens with one attached hydrogen (secondary N) is 1. The van der Waals surface area contributed by atoms with Gasteiger partial charge in [-0.3, -0.25) is 10.1 Å². The Morgan fingerprint density at radius 1 is 0.957 bits per heavy atom. The van der Waals surface area contributed by atoms with E-state index in [2.05, 4.69) is 5.32 Å². The number of benzene rings is 1. The number of nitrogens with zero attached hydrogens (tertiary/aromatic N) is 1. The van der Waals surface area contributed by atoms with E-state index < -0.39 is 0 Å². The van der Waals surface area contributed by atoms with E-state index in [1.54, 1.807) is 12.1 Å². The average molecular weight is 318 g/mol. The summed E-state index contributed by atoms with van der Waals surface area (Å²) >= 11 is 0. The number of nitro benzene ring substituents is 1. The monoisotopic (exact) mass is 318 g/mol. The quantitative estimate of drug-likeness (QED) is 0.639. The van der Waals surface area contributed by atoms with Gasteiger partial charge >= 0.3 is 0 Å². The summed E-state index contributed by atoms with van der Waals surface area (Å²) in [5.74, 6) is 0.636. The van der Waals surface area contributed by atoms with E-state index in [0.717, 1.165) is 19.5 Å². The van der Waals surface area contributed by atoms with Crippen molar-refractivity contribution in [2.75, 3.05) is 13.1 Å². The van der Waals surface area contributed by atoms with Crippen molar-refractivity contribution in [3.05, 3.63) is 39.9 Å². The van der Waals surface area contributed by atoms with Crippen molar-refractivity contribution in [3.63, 3.8) is 0 Å².